The number of amides is 1. The molecule has 0 bridgehead atoms. The van der Waals surface area contributed by atoms with E-state index in [1.807, 2.05) is 39.0 Å². The molecule has 0 spiro atoms. The maximum absolute atomic E-state index is 13.0. The molecule has 1 aromatic heterocycles. The first-order chi connectivity index (χ1) is 13.9. The minimum atomic E-state index is -0.428. The molecule has 148 valence electrons. The molecule has 0 fully saturated rings. The van der Waals surface area contributed by atoms with Crippen molar-refractivity contribution in [2.45, 2.75) is 31.2 Å². The van der Waals surface area contributed by atoms with E-state index in [1.54, 1.807) is 22.9 Å². The van der Waals surface area contributed by atoms with Crippen LogP contribution in [-0.4, -0.2) is 43.8 Å². The van der Waals surface area contributed by atoms with E-state index < -0.39 is 5.25 Å². The number of nitrogens with zero attached hydrogens (tertiary/aromatic N) is 4. The van der Waals surface area contributed by atoms with Gasteiger partial charge in [0.15, 0.2) is 12.4 Å². The normalized spacial score (nSPS) is 14.0. The van der Waals surface area contributed by atoms with Crippen LogP contribution in [0.5, 0.6) is 5.75 Å². The number of nitrogens with one attached hydrogen (secondary N) is 1. The van der Waals surface area contributed by atoms with Gasteiger partial charge in [-0.3, -0.25) is 9.59 Å². The smallest absolute Gasteiger partial charge is 0.262 e. The van der Waals surface area contributed by atoms with Crippen LogP contribution in [-0.2, 0) is 4.79 Å². The van der Waals surface area contributed by atoms with Crippen molar-refractivity contribution in [2.24, 2.45) is 0 Å². The lowest BCUT2D eigenvalue weighted by atomic mass is 10.1. The SMILES string of the molecule is Cc1cccc(-n2nnnc2SC(C)C(=O)c2ccc3c(c2)NC(=O)CO3)c1C. The summed E-state index contributed by atoms with van der Waals surface area (Å²) in [5.41, 5.74) is 4.08. The number of hydrogen-bond donors (Lipinski definition) is 1. The van der Waals surface area contributed by atoms with Gasteiger partial charge >= 0.3 is 0 Å². The lowest BCUT2D eigenvalue weighted by Gasteiger charge is -2.19. The molecule has 2 aromatic carbocycles. The van der Waals surface area contributed by atoms with Crippen LogP contribution in [0.4, 0.5) is 5.69 Å². The molecule has 0 saturated heterocycles. The summed E-state index contributed by atoms with van der Waals surface area (Å²) in [6.07, 6.45) is 0. The number of anilines is 1. The van der Waals surface area contributed by atoms with Gasteiger partial charge in [-0.1, -0.05) is 23.9 Å². The number of benzene rings is 2. The van der Waals surface area contributed by atoms with Gasteiger partial charge < -0.3 is 10.1 Å². The summed E-state index contributed by atoms with van der Waals surface area (Å²) in [4.78, 5) is 24.5. The van der Waals surface area contributed by atoms with Crippen molar-refractivity contribution in [1.82, 2.24) is 20.2 Å². The maximum atomic E-state index is 13.0. The topological polar surface area (TPSA) is 99.0 Å². The quantitative estimate of drug-likeness (QED) is 0.511. The van der Waals surface area contributed by atoms with E-state index in [9.17, 15) is 9.59 Å². The molecule has 3 aromatic rings. The summed E-state index contributed by atoms with van der Waals surface area (Å²) in [6.45, 7) is 5.83. The van der Waals surface area contributed by atoms with Gasteiger partial charge in [0.25, 0.3) is 5.91 Å². The number of fused-ring (bicyclic) bond motifs is 1. The van der Waals surface area contributed by atoms with Crippen LogP contribution in [0.2, 0.25) is 0 Å². The van der Waals surface area contributed by atoms with E-state index in [4.69, 9.17) is 4.74 Å². The van der Waals surface area contributed by atoms with Crippen LogP contribution in [0.1, 0.15) is 28.4 Å². The minimum absolute atomic E-state index is 0.0203. The van der Waals surface area contributed by atoms with E-state index in [2.05, 4.69) is 20.8 Å². The molecule has 1 amide bonds. The molecule has 9 heteroatoms. The van der Waals surface area contributed by atoms with E-state index in [-0.39, 0.29) is 18.3 Å². The third kappa shape index (κ3) is 3.73. The summed E-state index contributed by atoms with van der Waals surface area (Å²) >= 11 is 1.29. The summed E-state index contributed by atoms with van der Waals surface area (Å²) in [7, 11) is 0. The number of ketones is 1. The first-order valence-electron chi connectivity index (χ1n) is 9.06. The number of ether oxygens (including phenoxy) is 1. The number of aryl methyl sites for hydroxylation is 1. The van der Waals surface area contributed by atoms with Crippen molar-refractivity contribution >= 4 is 29.1 Å². The molecule has 1 atom stereocenters. The Kier molecular flexibility index (Phi) is 5.06. The number of Topliss-reactive ketones (excluding diaryl/α,β-unsaturated/α-hetero) is 1. The highest BCUT2D eigenvalue weighted by Crippen LogP contribution is 2.31. The van der Waals surface area contributed by atoms with E-state index in [0.29, 0.717) is 22.2 Å². The molecule has 1 aliphatic rings. The number of thioether (sulfide) groups is 1. The Morgan fingerprint density at radius 1 is 1.28 bits per heavy atom. The average Bonchev–Trinajstić information content (AvgIpc) is 3.16. The van der Waals surface area contributed by atoms with Gasteiger partial charge in [0.1, 0.15) is 5.75 Å². The van der Waals surface area contributed by atoms with Gasteiger partial charge in [-0.25, -0.2) is 0 Å². The Morgan fingerprint density at radius 2 is 2.10 bits per heavy atom. The molecular weight excluding hydrogens is 390 g/mol. The summed E-state index contributed by atoms with van der Waals surface area (Å²) in [5, 5.41) is 14.8. The van der Waals surface area contributed by atoms with Crippen molar-refractivity contribution in [3.05, 3.63) is 53.1 Å². The van der Waals surface area contributed by atoms with Crippen molar-refractivity contribution < 1.29 is 14.3 Å². The summed E-state index contributed by atoms with van der Waals surface area (Å²) in [5.74, 6) is 0.227. The lowest BCUT2D eigenvalue weighted by Crippen LogP contribution is -2.25. The second-order valence-corrected chi connectivity index (χ2v) is 8.07. The number of rotatable bonds is 5. The van der Waals surface area contributed by atoms with E-state index >= 15 is 0 Å². The Hall–Kier alpha value is -3.20. The van der Waals surface area contributed by atoms with Crippen LogP contribution in [0.15, 0.2) is 41.6 Å². The minimum Gasteiger partial charge on any atom is -0.482 e. The second-order valence-electron chi connectivity index (χ2n) is 6.76. The Morgan fingerprint density at radius 3 is 2.93 bits per heavy atom. The molecule has 29 heavy (non-hydrogen) atoms. The van der Waals surface area contributed by atoms with Gasteiger partial charge in [-0.2, -0.15) is 4.68 Å². The van der Waals surface area contributed by atoms with Gasteiger partial charge in [-0.05, 0) is 66.6 Å². The highest BCUT2D eigenvalue weighted by molar-refractivity contribution is 8.00. The van der Waals surface area contributed by atoms with Crippen LogP contribution in [0.25, 0.3) is 5.69 Å². The molecule has 1 unspecified atom stereocenters. The predicted molar refractivity (Wildman–Crippen MR) is 109 cm³/mol. The second kappa shape index (κ2) is 7.67. The van der Waals surface area contributed by atoms with Crippen LogP contribution in [0.3, 0.4) is 0 Å². The molecule has 1 N–H and O–H groups in total. The lowest BCUT2D eigenvalue weighted by molar-refractivity contribution is -0.118. The van der Waals surface area contributed by atoms with Gasteiger partial charge in [0, 0.05) is 5.56 Å². The number of tetrazole rings is 1. The fraction of sp³-hybridized carbons (Fsp3) is 0.250. The predicted octanol–water partition coefficient (Wildman–Crippen LogP) is 2.97. The number of aromatic nitrogens is 4. The van der Waals surface area contributed by atoms with Crippen molar-refractivity contribution in [3.8, 4) is 11.4 Å². The van der Waals surface area contributed by atoms with Crippen LogP contribution in [0, 0.1) is 13.8 Å². The molecule has 4 rings (SSSR count). The largest absolute Gasteiger partial charge is 0.482 e. The molecular formula is C20H19N5O3S. The molecule has 0 saturated carbocycles. The van der Waals surface area contributed by atoms with E-state index in [1.165, 1.54) is 11.8 Å². The Bertz CT molecular complexity index is 1110. The molecule has 8 nitrogen and oxygen atoms in total. The number of carbonyl (C=O) groups is 2. The summed E-state index contributed by atoms with van der Waals surface area (Å²) < 4.78 is 6.99. The van der Waals surface area contributed by atoms with E-state index in [0.717, 1.165) is 16.8 Å². The number of carbonyl (C=O) groups excluding carboxylic acids is 2. The monoisotopic (exact) mass is 409 g/mol. The zero-order valence-electron chi connectivity index (χ0n) is 16.2. The highest BCUT2D eigenvalue weighted by atomic mass is 32.2. The Labute approximate surface area is 171 Å². The average molecular weight is 409 g/mol. The van der Waals surface area contributed by atoms with Crippen molar-refractivity contribution in [2.75, 3.05) is 11.9 Å². The Balaban J connectivity index is 1.56. The molecule has 0 radical (unpaired) electrons. The first-order valence-corrected chi connectivity index (χ1v) is 9.94. The zero-order chi connectivity index (χ0) is 20.5. The zero-order valence-corrected chi connectivity index (χ0v) is 17.0. The highest BCUT2D eigenvalue weighted by Gasteiger charge is 2.23. The maximum Gasteiger partial charge on any atom is 0.262 e. The molecule has 1 aliphatic heterocycles. The standard InChI is InChI=1S/C20H19N5O3S/c1-11-5-4-6-16(12(11)2)25-20(22-23-24-25)29-13(3)19(27)14-7-8-17-15(9-14)21-18(26)10-28-17/h4-9,13H,10H2,1-3H3,(H,21,26). The van der Waals surface area contributed by atoms with Crippen LogP contribution >= 0.6 is 11.8 Å². The van der Waals surface area contributed by atoms with Gasteiger partial charge in [-0.15, -0.1) is 5.10 Å². The third-order valence-electron chi connectivity index (χ3n) is 4.79. The van der Waals surface area contributed by atoms with Crippen molar-refractivity contribution in [3.63, 3.8) is 0 Å². The van der Waals surface area contributed by atoms with Gasteiger partial charge in [0.2, 0.25) is 5.16 Å². The fourth-order valence-corrected chi connectivity index (χ4v) is 3.93. The molecule has 2 heterocycles. The number of hydrogen-bond acceptors (Lipinski definition) is 7. The van der Waals surface area contributed by atoms with Gasteiger partial charge in [0.05, 0.1) is 16.6 Å². The fourth-order valence-electron chi connectivity index (χ4n) is 3.05. The van der Waals surface area contributed by atoms with Crippen molar-refractivity contribution in [1.29, 1.82) is 0 Å². The molecule has 0 aliphatic carbocycles. The summed E-state index contributed by atoms with van der Waals surface area (Å²) in [6, 6.07) is 11.0. The van der Waals surface area contributed by atoms with Crippen LogP contribution < -0.4 is 10.1 Å². The third-order valence-corrected chi connectivity index (χ3v) is 5.83. The first kappa shape index (κ1) is 19.1.